The quantitative estimate of drug-likeness (QED) is 0.893. The van der Waals surface area contributed by atoms with E-state index in [1.165, 1.54) is 12.8 Å². The third kappa shape index (κ3) is 3.46. The van der Waals surface area contributed by atoms with Gasteiger partial charge in [0.05, 0.1) is 23.4 Å². The van der Waals surface area contributed by atoms with Crippen LogP contribution >= 0.6 is 11.6 Å². The predicted octanol–water partition coefficient (Wildman–Crippen LogP) is 2.95. The summed E-state index contributed by atoms with van der Waals surface area (Å²) in [5.41, 5.74) is 2.63. The lowest BCUT2D eigenvalue weighted by atomic mass is 10.1. The van der Waals surface area contributed by atoms with Gasteiger partial charge in [-0.05, 0) is 37.5 Å². The molecule has 26 heavy (non-hydrogen) atoms. The van der Waals surface area contributed by atoms with Crippen LogP contribution in [0.25, 0.3) is 0 Å². The van der Waals surface area contributed by atoms with Gasteiger partial charge in [-0.3, -0.25) is 4.79 Å². The fourth-order valence-corrected chi connectivity index (χ4v) is 3.44. The number of benzene rings is 1. The summed E-state index contributed by atoms with van der Waals surface area (Å²) in [6.07, 6.45) is 5.44. The van der Waals surface area contributed by atoms with Crippen LogP contribution in [0.3, 0.4) is 0 Å². The maximum Gasteiger partial charge on any atom is 0.255 e. The zero-order valence-electron chi connectivity index (χ0n) is 14.7. The fourth-order valence-electron chi connectivity index (χ4n) is 3.24. The zero-order chi connectivity index (χ0) is 18.1. The van der Waals surface area contributed by atoms with E-state index in [-0.39, 0.29) is 5.91 Å². The van der Waals surface area contributed by atoms with Crippen molar-refractivity contribution in [3.05, 3.63) is 46.4 Å². The normalized spacial score (nSPS) is 16.6. The van der Waals surface area contributed by atoms with Gasteiger partial charge in [0.2, 0.25) is 0 Å². The summed E-state index contributed by atoms with van der Waals surface area (Å²) in [6.45, 7) is 1.23. The van der Waals surface area contributed by atoms with Crippen molar-refractivity contribution in [2.45, 2.75) is 31.7 Å². The van der Waals surface area contributed by atoms with Crippen molar-refractivity contribution in [1.82, 2.24) is 14.9 Å². The number of carbonyl (C=O) groups is 1. The number of hydrogen-bond donors (Lipinski definition) is 1. The van der Waals surface area contributed by atoms with Gasteiger partial charge in [-0.2, -0.15) is 0 Å². The number of nitrogens with zero attached hydrogens (tertiary/aromatic N) is 3. The Balaban J connectivity index is 1.54. The summed E-state index contributed by atoms with van der Waals surface area (Å²) in [4.78, 5) is 23.7. The number of nitrogens with one attached hydrogen (secondary N) is 1. The van der Waals surface area contributed by atoms with Gasteiger partial charge < -0.3 is 15.0 Å². The molecule has 2 aliphatic rings. The van der Waals surface area contributed by atoms with E-state index in [0.29, 0.717) is 41.9 Å². The Morgan fingerprint density at radius 1 is 1.27 bits per heavy atom. The van der Waals surface area contributed by atoms with Crippen LogP contribution in [0.1, 0.15) is 34.5 Å². The molecule has 136 valence electrons. The molecule has 7 heteroatoms. The molecule has 1 aromatic carbocycles. The van der Waals surface area contributed by atoms with Crippen LogP contribution in [0.4, 0.5) is 5.82 Å². The first-order valence-electron chi connectivity index (χ1n) is 8.88. The largest absolute Gasteiger partial charge is 0.497 e. The van der Waals surface area contributed by atoms with Gasteiger partial charge in [0.1, 0.15) is 17.9 Å². The number of methoxy groups -OCH3 is 1. The number of halogens is 1. The van der Waals surface area contributed by atoms with Crippen LogP contribution in [-0.2, 0) is 12.8 Å². The third-order valence-corrected chi connectivity index (χ3v) is 5.22. The maximum atomic E-state index is 13.0. The Bertz CT molecular complexity index is 838. The van der Waals surface area contributed by atoms with Crippen LogP contribution in [0, 0.1) is 0 Å². The van der Waals surface area contributed by atoms with Gasteiger partial charge in [-0.1, -0.05) is 11.6 Å². The molecule has 4 rings (SSSR count). The van der Waals surface area contributed by atoms with Crippen molar-refractivity contribution in [3.8, 4) is 5.75 Å². The van der Waals surface area contributed by atoms with Crippen LogP contribution in [0.5, 0.6) is 5.75 Å². The fraction of sp³-hybridized carbons (Fsp3) is 0.421. The minimum Gasteiger partial charge on any atom is -0.497 e. The van der Waals surface area contributed by atoms with E-state index in [9.17, 15) is 4.79 Å². The molecule has 0 saturated heterocycles. The summed E-state index contributed by atoms with van der Waals surface area (Å²) < 4.78 is 5.23. The van der Waals surface area contributed by atoms with Gasteiger partial charge in [-0.25, -0.2) is 9.97 Å². The highest BCUT2D eigenvalue weighted by Crippen LogP contribution is 2.29. The van der Waals surface area contributed by atoms with E-state index < -0.39 is 0 Å². The zero-order valence-corrected chi connectivity index (χ0v) is 15.4. The smallest absolute Gasteiger partial charge is 0.255 e. The summed E-state index contributed by atoms with van der Waals surface area (Å²) in [5, 5.41) is 3.92. The molecule has 2 heterocycles. The Labute approximate surface area is 157 Å². The minimum absolute atomic E-state index is 0.0774. The molecular weight excluding hydrogens is 352 g/mol. The summed E-state index contributed by atoms with van der Waals surface area (Å²) in [7, 11) is 1.58. The molecule has 0 atom stereocenters. The highest BCUT2D eigenvalue weighted by atomic mass is 35.5. The molecule has 1 fully saturated rings. The van der Waals surface area contributed by atoms with Crippen molar-refractivity contribution in [2.24, 2.45) is 0 Å². The number of ether oxygens (including phenoxy) is 1. The number of hydrogen-bond acceptors (Lipinski definition) is 5. The standard InChI is InChI=1S/C19H21ClN4O2/c1-26-13-4-5-16(20)15(10-13)19(25)24-8-6-14-17(7-9-24)21-11-22-18(14)23-12-2-3-12/h4-5,10-12H,2-3,6-9H2,1H3,(H,21,22,23). The number of amides is 1. The second-order valence-corrected chi connectivity index (χ2v) is 7.11. The first-order valence-corrected chi connectivity index (χ1v) is 9.25. The highest BCUT2D eigenvalue weighted by Gasteiger charge is 2.27. The van der Waals surface area contributed by atoms with Crippen LogP contribution in [0.15, 0.2) is 24.5 Å². The Hall–Kier alpha value is -2.34. The Kier molecular flexibility index (Phi) is 4.68. The van der Waals surface area contributed by atoms with E-state index in [4.69, 9.17) is 16.3 Å². The SMILES string of the molecule is COc1ccc(Cl)c(C(=O)N2CCc3ncnc(NC4CC4)c3CC2)c1. The minimum atomic E-state index is -0.0774. The van der Waals surface area contributed by atoms with E-state index in [0.717, 1.165) is 23.5 Å². The molecule has 1 aliphatic carbocycles. The molecule has 0 unspecified atom stereocenters. The van der Waals surface area contributed by atoms with Crippen LogP contribution in [-0.4, -0.2) is 47.0 Å². The van der Waals surface area contributed by atoms with Crippen molar-refractivity contribution >= 4 is 23.3 Å². The molecule has 1 aromatic heterocycles. The highest BCUT2D eigenvalue weighted by molar-refractivity contribution is 6.33. The van der Waals surface area contributed by atoms with Crippen molar-refractivity contribution < 1.29 is 9.53 Å². The lowest BCUT2D eigenvalue weighted by Crippen LogP contribution is -2.33. The van der Waals surface area contributed by atoms with E-state index >= 15 is 0 Å². The lowest BCUT2D eigenvalue weighted by molar-refractivity contribution is 0.0762. The number of aromatic nitrogens is 2. The van der Waals surface area contributed by atoms with E-state index in [1.54, 1.807) is 31.6 Å². The molecular formula is C19H21ClN4O2. The molecule has 1 amide bonds. The second-order valence-electron chi connectivity index (χ2n) is 6.70. The van der Waals surface area contributed by atoms with Gasteiger partial charge in [0.15, 0.2) is 0 Å². The first kappa shape index (κ1) is 17.1. The molecule has 1 N–H and O–H groups in total. The summed E-state index contributed by atoms with van der Waals surface area (Å²) in [6, 6.07) is 5.68. The molecule has 2 aromatic rings. The van der Waals surface area contributed by atoms with Crippen LogP contribution < -0.4 is 10.1 Å². The molecule has 1 saturated carbocycles. The van der Waals surface area contributed by atoms with Crippen LogP contribution in [0.2, 0.25) is 5.02 Å². The summed E-state index contributed by atoms with van der Waals surface area (Å²) in [5.74, 6) is 1.47. The molecule has 0 radical (unpaired) electrons. The molecule has 1 aliphatic heterocycles. The average molecular weight is 373 g/mol. The number of carbonyl (C=O) groups excluding carboxylic acids is 1. The third-order valence-electron chi connectivity index (χ3n) is 4.89. The van der Waals surface area contributed by atoms with Gasteiger partial charge in [0, 0.05) is 31.1 Å². The molecule has 0 spiro atoms. The Morgan fingerprint density at radius 3 is 2.85 bits per heavy atom. The monoisotopic (exact) mass is 372 g/mol. The van der Waals surface area contributed by atoms with Crippen molar-refractivity contribution in [3.63, 3.8) is 0 Å². The van der Waals surface area contributed by atoms with E-state index in [2.05, 4.69) is 15.3 Å². The summed E-state index contributed by atoms with van der Waals surface area (Å²) >= 11 is 6.25. The van der Waals surface area contributed by atoms with Crippen molar-refractivity contribution in [1.29, 1.82) is 0 Å². The van der Waals surface area contributed by atoms with Crippen molar-refractivity contribution in [2.75, 3.05) is 25.5 Å². The first-order chi connectivity index (χ1) is 12.7. The van der Waals surface area contributed by atoms with E-state index in [1.807, 2.05) is 4.90 Å². The topological polar surface area (TPSA) is 67.3 Å². The lowest BCUT2D eigenvalue weighted by Gasteiger charge is -2.21. The number of rotatable bonds is 4. The average Bonchev–Trinajstić information content (AvgIpc) is 3.48. The molecule has 0 bridgehead atoms. The molecule has 6 nitrogen and oxygen atoms in total. The van der Waals surface area contributed by atoms with Gasteiger partial charge >= 0.3 is 0 Å². The second kappa shape index (κ2) is 7.11. The predicted molar refractivity (Wildman–Crippen MR) is 100.0 cm³/mol. The van der Waals surface area contributed by atoms with Gasteiger partial charge in [0.25, 0.3) is 5.91 Å². The van der Waals surface area contributed by atoms with Gasteiger partial charge in [-0.15, -0.1) is 0 Å². The number of fused-ring (bicyclic) bond motifs is 1. The maximum absolute atomic E-state index is 13.0. The number of anilines is 1. The Morgan fingerprint density at radius 2 is 2.08 bits per heavy atom.